The number of Topliss-reactive ketones (excluding diaryl/α,β-unsaturated/α-hetero) is 1. The minimum Gasteiger partial charge on any atom is -0.495 e. The molecule has 9 heteroatoms. The fourth-order valence-electron chi connectivity index (χ4n) is 5.67. The first-order valence-electron chi connectivity index (χ1n) is 11.9. The molecule has 9 nitrogen and oxygen atoms in total. The van der Waals surface area contributed by atoms with Gasteiger partial charge in [-0.25, -0.2) is 0 Å². The monoisotopic (exact) mass is 452 g/mol. The zero-order chi connectivity index (χ0) is 22.9. The van der Waals surface area contributed by atoms with Gasteiger partial charge in [0.25, 0.3) is 0 Å². The summed E-state index contributed by atoms with van der Waals surface area (Å²) in [5.41, 5.74) is 1.50. The summed E-state index contributed by atoms with van der Waals surface area (Å²) in [4.78, 5) is 31.7. The predicted molar refractivity (Wildman–Crippen MR) is 123 cm³/mol. The Hall–Kier alpha value is -2.94. The fraction of sp³-hybridized carbons (Fsp3) is 0.583. The van der Waals surface area contributed by atoms with Crippen molar-refractivity contribution in [2.75, 3.05) is 51.3 Å². The molecule has 6 rings (SSSR count). The van der Waals surface area contributed by atoms with Crippen molar-refractivity contribution in [2.45, 2.75) is 32.4 Å². The van der Waals surface area contributed by atoms with Crippen LogP contribution < -0.4 is 9.64 Å². The average molecular weight is 453 g/mol. The number of methoxy groups -OCH3 is 1. The lowest BCUT2D eigenvalue weighted by Gasteiger charge is -2.50. The van der Waals surface area contributed by atoms with Crippen LogP contribution in [0.2, 0.25) is 0 Å². The lowest BCUT2D eigenvalue weighted by molar-refractivity contribution is -0.144. The number of rotatable bonds is 6. The van der Waals surface area contributed by atoms with Crippen molar-refractivity contribution in [1.82, 2.24) is 24.8 Å². The molecule has 0 spiro atoms. The molecule has 33 heavy (non-hydrogen) atoms. The molecule has 1 aromatic heterocycles. The molecule has 4 aliphatic heterocycles. The number of piperazine rings is 1. The highest BCUT2D eigenvalue weighted by molar-refractivity contribution is 5.91. The molecule has 1 aromatic carbocycles. The minimum atomic E-state index is -0.0665. The van der Waals surface area contributed by atoms with Crippen LogP contribution in [0.25, 0.3) is 0 Å². The van der Waals surface area contributed by atoms with Crippen molar-refractivity contribution in [3.05, 3.63) is 36.2 Å². The van der Waals surface area contributed by atoms with Crippen molar-refractivity contribution >= 4 is 17.4 Å². The Labute approximate surface area is 194 Å². The van der Waals surface area contributed by atoms with E-state index in [9.17, 15) is 9.59 Å². The molecule has 2 bridgehead atoms. The van der Waals surface area contributed by atoms with Crippen LogP contribution in [0.4, 0.5) is 5.69 Å². The van der Waals surface area contributed by atoms with E-state index >= 15 is 0 Å². The zero-order valence-corrected chi connectivity index (χ0v) is 19.4. The number of nitrogens with zero attached hydrogens (tertiary/aromatic N) is 6. The van der Waals surface area contributed by atoms with Gasteiger partial charge in [-0.3, -0.25) is 19.2 Å². The number of ketones is 1. The summed E-state index contributed by atoms with van der Waals surface area (Å²) < 4.78 is 7.29. The molecule has 4 fully saturated rings. The summed E-state index contributed by atoms with van der Waals surface area (Å²) in [6.45, 7) is 7.19. The highest BCUT2D eigenvalue weighted by Crippen LogP contribution is 2.38. The number of carbonyl (C=O) groups is 2. The lowest BCUT2D eigenvalue weighted by Crippen LogP contribution is -2.60. The van der Waals surface area contributed by atoms with Gasteiger partial charge in [0.2, 0.25) is 5.91 Å². The summed E-state index contributed by atoms with van der Waals surface area (Å²) in [5, 5.41) is 8.08. The molecular weight excluding hydrogens is 420 g/mol. The zero-order valence-electron chi connectivity index (χ0n) is 19.4. The van der Waals surface area contributed by atoms with Gasteiger partial charge in [-0.2, -0.15) is 0 Å². The van der Waals surface area contributed by atoms with E-state index in [-0.39, 0.29) is 11.7 Å². The topological polar surface area (TPSA) is 83.8 Å². The Morgan fingerprint density at radius 2 is 1.91 bits per heavy atom. The number of ether oxygens (including phenoxy) is 1. The molecule has 1 amide bonds. The normalized spacial score (nSPS) is 27.0. The van der Waals surface area contributed by atoms with Crippen LogP contribution in [0.15, 0.2) is 30.5 Å². The maximum atomic E-state index is 13.4. The van der Waals surface area contributed by atoms with E-state index in [4.69, 9.17) is 4.74 Å². The molecule has 4 saturated heterocycles. The number of benzene rings is 1. The molecule has 0 radical (unpaired) electrons. The maximum absolute atomic E-state index is 13.4. The minimum absolute atomic E-state index is 0.0665. The standard InChI is InChI=1S/C24H32N6O3/c1-17(31)21-16-30(26-25-21)14-19-13-18-7-8-29(19)15-20(18)24(32)28-11-9-27(10-12-28)22-5-3-4-6-23(22)33-2/h3-6,16,18-20H,7-15H2,1-2H3/t18-,19-,20+/m1/s1. The summed E-state index contributed by atoms with van der Waals surface area (Å²) >= 11 is 0. The number of aromatic nitrogens is 3. The van der Waals surface area contributed by atoms with Crippen molar-refractivity contribution in [3.8, 4) is 5.75 Å². The van der Waals surface area contributed by atoms with Crippen molar-refractivity contribution in [2.24, 2.45) is 11.8 Å². The molecule has 5 heterocycles. The highest BCUT2D eigenvalue weighted by Gasteiger charge is 2.44. The van der Waals surface area contributed by atoms with E-state index in [0.29, 0.717) is 23.6 Å². The molecule has 2 aromatic rings. The van der Waals surface area contributed by atoms with E-state index in [0.717, 1.165) is 70.1 Å². The van der Waals surface area contributed by atoms with E-state index in [1.807, 2.05) is 18.2 Å². The van der Waals surface area contributed by atoms with E-state index in [1.54, 1.807) is 18.0 Å². The van der Waals surface area contributed by atoms with Gasteiger partial charge in [-0.15, -0.1) is 5.10 Å². The third kappa shape index (κ3) is 4.34. The molecule has 4 atom stereocenters. The van der Waals surface area contributed by atoms with E-state index in [2.05, 4.69) is 31.1 Å². The summed E-state index contributed by atoms with van der Waals surface area (Å²) in [6.07, 6.45) is 3.80. The van der Waals surface area contributed by atoms with Crippen molar-refractivity contribution < 1.29 is 14.3 Å². The van der Waals surface area contributed by atoms with Gasteiger partial charge in [0.15, 0.2) is 5.78 Å². The Bertz CT molecular complexity index is 1020. The summed E-state index contributed by atoms with van der Waals surface area (Å²) in [7, 11) is 1.70. The van der Waals surface area contributed by atoms with Gasteiger partial charge in [-0.05, 0) is 37.4 Å². The number of para-hydroxylation sites is 2. The molecule has 4 aliphatic rings. The van der Waals surface area contributed by atoms with Crippen molar-refractivity contribution in [3.63, 3.8) is 0 Å². The molecule has 1 unspecified atom stereocenters. The fourth-order valence-corrected chi connectivity index (χ4v) is 5.67. The highest BCUT2D eigenvalue weighted by atomic mass is 16.5. The average Bonchev–Trinajstić information content (AvgIpc) is 3.33. The van der Waals surface area contributed by atoms with Crippen LogP contribution in [-0.4, -0.2) is 88.9 Å². The lowest BCUT2D eigenvalue weighted by atomic mass is 9.75. The van der Waals surface area contributed by atoms with Crippen LogP contribution in [-0.2, 0) is 11.3 Å². The van der Waals surface area contributed by atoms with Gasteiger partial charge >= 0.3 is 0 Å². The van der Waals surface area contributed by atoms with Crippen molar-refractivity contribution in [1.29, 1.82) is 0 Å². The second-order valence-electron chi connectivity index (χ2n) is 9.41. The Morgan fingerprint density at radius 3 is 2.58 bits per heavy atom. The Balaban J connectivity index is 1.18. The van der Waals surface area contributed by atoms with E-state index < -0.39 is 0 Å². The maximum Gasteiger partial charge on any atom is 0.227 e. The molecular formula is C24H32N6O3. The molecule has 176 valence electrons. The number of hydrogen-bond acceptors (Lipinski definition) is 7. The Kier molecular flexibility index (Phi) is 6.05. The SMILES string of the molecule is COc1ccccc1N1CCN(C(=O)[C@H]2CN3CC[C@@H]2C[C@@H]3Cn2cc(C(C)=O)nn2)CC1. The summed E-state index contributed by atoms with van der Waals surface area (Å²) in [5.74, 6) is 1.61. The van der Waals surface area contributed by atoms with Gasteiger partial charge < -0.3 is 14.5 Å². The van der Waals surface area contributed by atoms with Gasteiger partial charge in [0, 0.05) is 45.7 Å². The number of piperidine rings is 3. The van der Waals surface area contributed by atoms with Gasteiger partial charge in [0.1, 0.15) is 11.4 Å². The Morgan fingerprint density at radius 1 is 1.12 bits per heavy atom. The number of carbonyl (C=O) groups excluding carboxylic acids is 2. The number of amides is 1. The van der Waals surface area contributed by atoms with E-state index in [1.165, 1.54) is 6.92 Å². The number of anilines is 1. The van der Waals surface area contributed by atoms with Crippen LogP contribution in [0.1, 0.15) is 30.3 Å². The first-order chi connectivity index (χ1) is 16.0. The van der Waals surface area contributed by atoms with Gasteiger partial charge in [0.05, 0.1) is 31.5 Å². The summed E-state index contributed by atoms with van der Waals surface area (Å²) in [6, 6.07) is 8.42. The quantitative estimate of drug-likeness (QED) is 0.615. The number of fused-ring (bicyclic) bond motifs is 3. The second kappa shape index (κ2) is 9.13. The van der Waals surface area contributed by atoms with Crippen LogP contribution in [0, 0.1) is 11.8 Å². The van der Waals surface area contributed by atoms with Crippen LogP contribution >= 0.6 is 0 Å². The largest absolute Gasteiger partial charge is 0.495 e. The number of hydrogen-bond donors (Lipinski definition) is 0. The molecule has 0 N–H and O–H groups in total. The predicted octanol–water partition coefficient (Wildman–Crippen LogP) is 1.55. The first kappa shape index (κ1) is 21.9. The third-order valence-corrected chi connectivity index (χ3v) is 7.51. The smallest absolute Gasteiger partial charge is 0.227 e. The van der Waals surface area contributed by atoms with Crippen LogP contribution in [0.3, 0.4) is 0 Å². The molecule has 0 saturated carbocycles. The molecule has 0 aliphatic carbocycles. The van der Waals surface area contributed by atoms with Gasteiger partial charge in [-0.1, -0.05) is 17.3 Å². The van der Waals surface area contributed by atoms with Crippen LogP contribution in [0.5, 0.6) is 5.75 Å². The second-order valence-corrected chi connectivity index (χ2v) is 9.41. The third-order valence-electron chi connectivity index (χ3n) is 7.51. The first-order valence-corrected chi connectivity index (χ1v) is 11.9.